The minimum atomic E-state index is -0.698. The van der Waals surface area contributed by atoms with E-state index in [2.05, 4.69) is 33.6 Å². The van der Waals surface area contributed by atoms with Gasteiger partial charge in [-0.2, -0.15) is 0 Å². The average Bonchev–Trinajstić information content (AvgIpc) is 3.02. The van der Waals surface area contributed by atoms with Crippen LogP contribution in [0.5, 0.6) is 0 Å². The predicted molar refractivity (Wildman–Crippen MR) is 89.8 cm³/mol. The number of aliphatic carboxylic acids is 1. The standard InChI is InChI=1S/C17H26N4O2/c1-12(2)13-9-21(10-14(13)17(22)23)16-8-15(18-11-19-16)20-6-4-3-5-7-20/h8,11-14H,3-7,9-10H2,1-2H3,(H,22,23)/t13-,14+/m0/s1. The molecule has 6 nitrogen and oxygen atoms in total. The van der Waals surface area contributed by atoms with Crippen molar-refractivity contribution in [1.29, 1.82) is 0 Å². The van der Waals surface area contributed by atoms with Gasteiger partial charge in [0.05, 0.1) is 5.92 Å². The molecule has 1 aromatic rings. The fraction of sp³-hybridized carbons (Fsp3) is 0.706. The molecule has 1 aromatic heterocycles. The van der Waals surface area contributed by atoms with E-state index in [9.17, 15) is 9.90 Å². The highest BCUT2D eigenvalue weighted by Crippen LogP contribution is 2.33. The molecule has 0 aromatic carbocycles. The number of anilines is 2. The van der Waals surface area contributed by atoms with Crippen molar-refractivity contribution in [2.45, 2.75) is 33.1 Å². The van der Waals surface area contributed by atoms with Crippen LogP contribution in [0, 0.1) is 17.8 Å². The van der Waals surface area contributed by atoms with E-state index in [1.165, 1.54) is 19.3 Å². The molecule has 0 amide bonds. The number of piperidine rings is 1. The van der Waals surface area contributed by atoms with Gasteiger partial charge < -0.3 is 14.9 Å². The van der Waals surface area contributed by atoms with Gasteiger partial charge in [-0.15, -0.1) is 0 Å². The first-order valence-electron chi connectivity index (χ1n) is 8.61. The Kier molecular flexibility index (Phi) is 4.68. The molecule has 3 rings (SSSR count). The van der Waals surface area contributed by atoms with Crippen LogP contribution in [0.3, 0.4) is 0 Å². The zero-order valence-corrected chi connectivity index (χ0v) is 14.0. The van der Waals surface area contributed by atoms with E-state index >= 15 is 0 Å². The van der Waals surface area contributed by atoms with Crippen molar-refractivity contribution in [3.8, 4) is 0 Å². The highest BCUT2D eigenvalue weighted by atomic mass is 16.4. The summed E-state index contributed by atoms with van der Waals surface area (Å²) in [4.78, 5) is 24.8. The normalized spacial score (nSPS) is 25.2. The van der Waals surface area contributed by atoms with Crippen molar-refractivity contribution < 1.29 is 9.90 Å². The molecule has 1 N–H and O–H groups in total. The molecular weight excluding hydrogens is 292 g/mol. The minimum absolute atomic E-state index is 0.168. The molecule has 0 spiro atoms. The molecule has 23 heavy (non-hydrogen) atoms. The molecule has 2 fully saturated rings. The summed E-state index contributed by atoms with van der Waals surface area (Å²) in [5.41, 5.74) is 0. The van der Waals surface area contributed by atoms with Gasteiger partial charge in [-0.3, -0.25) is 4.79 Å². The number of aromatic nitrogens is 2. The first-order valence-corrected chi connectivity index (χ1v) is 8.61. The monoisotopic (exact) mass is 318 g/mol. The molecule has 6 heteroatoms. The maximum absolute atomic E-state index is 11.5. The van der Waals surface area contributed by atoms with Crippen LogP contribution in [-0.4, -0.2) is 47.2 Å². The molecule has 0 radical (unpaired) electrons. The summed E-state index contributed by atoms with van der Waals surface area (Å²) < 4.78 is 0. The Bertz CT molecular complexity index is 557. The van der Waals surface area contributed by atoms with Gasteiger partial charge >= 0.3 is 5.97 Å². The van der Waals surface area contributed by atoms with E-state index in [-0.39, 0.29) is 11.8 Å². The van der Waals surface area contributed by atoms with Gasteiger partial charge in [0.1, 0.15) is 18.0 Å². The highest BCUT2D eigenvalue weighted by molar-refractivity contribution is 5.72. The van der Waals surface area contributed by atoms with Crippen LogP contribution in [0.2, 0.25) is 0 Å². The molecule has 2 aliphatic rings. The van der Waals surface area contributed by atoms with Crippen LogP contribution < -0.4 is 9.80 Å². The lowest BCUT2D eigenvalue weighted by atomic mass is 9.86. The summed E-state index contributed by atoms with van der Waals surface area (Å²) in [5, 5.41) is 9.49. The number of hydrogen-bond donors (Lipinski definition) is 1. The first-order chi connectivity index (χ1) is 11.1. The fourth-order valence-electron chi connectivity index (χ4n) is 3.76. The van der Waals surface area contributed by atoms with E-state index in [4.69, 9.17) is 0 Å². The third-order valence-electron chi connectivity index (χ3n) is 5.18. The van der Waals surface area contributed by atoms with Crippen molar-refractivity contribution in [2.75, 3.05) is 36.0 Å². The summed E-state index contributed by atoms with van der Waals surface area (Å²) in [6.07, 6.45) is 5.31. The highest BCUT2D eigenvalue weighted by Gasteiger charge is 2.39. The number of carboxylic acid groups (broad SMARTS) is 1. The van der Waals surface area contributed by atoms with Crippen LogP contribution >= 0.6 is 0 Å². The van der Waals surface area contributed by atoms with Crippen molar-refractivity contribution in [1.82, 2.24) is 9.97 Å². The van der Waals surface area contributed by atoms with Crippen LogP contribution in [0.15, 0.2) is 12.4 Å². The average molecular weight is 318 g/mol. The van der Waals surface area contributed by atoms with E-state index in [0.29, 0.717) is 12.5 Å². The minimum Gasteiger partial charge on any atom is -0.481 e. The quantitative estimate of drug-likeness (QED) is 0.918. The molecule has 2 atom stereocenters. The first kappa shape index (κ1) is 16.0. The Morgan fingerprint density at radius 2 is 1.78 bits per heavy atom. The SMILES string of the molecule is CC(C)[C@@H]1CN(c2cc(N3CCCCC3)ncn2)C[C@H]1C(=O)O. The number of carbonyl (C=O) groups is 1. The summed E-state index contributed by atoms with van der Waals surface area (Å²) >= 11 is 0. The molecule has 2 saturated heterocycles. The smallest absolute Gasteiger partial charge is 0.308 e. The van der Waals surface area contributed by atoms with Crippen molar-refractivity contribution in [3.63, 3.8) is 0 Å². The predicted octanol–water partition coefficient (Wildman–Crippen LogP) is 2.26. The topological polar surface area (TPSA) is 69.6 Å². The van der Waals surface area contributed by atoms with E-state index in [1.54, 1.807) is 6.33 Å². The molecule has 0 aliphatic carbocycles. The third-order valence-corrected chi connectivity index (χ3v) is 5.18. The molecule has 0 bridgehead atoms. The Morgan fingerprint density at radius 1 is 1.13 bits per heavy atom. The second-order valence-electron chi connectivity index (χ2n) is 7.04. The van der Waals surface area contributed by atoms with Crippen LogP contribution in [0.4, 0.5) is 11.6 Å². The van der Waals surface area contributed by atoms with Crippen LogP contribution in [-0.2, 0) is 4.79 Å². The van der Waals surface area contributed by atoms with Gasteiger partial charge in [-0.05, 0) is 31.1 Å². The second-order valence-corrected chi connectivity index (χ2v) is 7.04. The van der Waals surface area contributed by atoms with Gasteiger partial charge in [0.25, 0.3) is 0 Å². The van der Waals surface area contributed by atoms with E-state index < -0.39 is 5.97 Å². The lowest BCUT2D eigenvalue weighted by molar-refractivity contribution is -0.142. The molecule has 0 saturated carbocycles. The van der Waals surface area contributed by atoms with Gasteiger partial charge in [0, 0.05) is 32.2 Å². The summed E-state index contributed by atoms with van der Waals surface area (Å²) in [5.74, 6) is 1.33. The van der Waals surface area contributed by atoms with Crippen LogP contribution in [0.25, 0.3) is 0 Å². The summed E-state index contributed by atoms with van der Waals surface area (Å²) in [7, 11) is 0. The Morgan fingerprint density at radius 3 is 2.35 bits per heavy atom. The summed E-state index contributed by atoms with van der Waals surface area (Å²) in [6.45, 7) is 7.58. The largest absolute Gasteiger partial charge is 0.481 e. The Labute approximate surface area is 137 Å². The Hall–Kier alpha value is -1.85. The van der Waals surface area contributed by atoms with Crippen molar-refractivity contribution in [3.05, 3.63) is 12.4 Å². The van der Waals surface area contributed by atoms with Gasteiger partial charge in [0.2, 0.25) is 0 Å². The van der Waals surface area contributed by atoms with Gasteiger partial charge in [-0.1, -0.05) is 13.8 Å². The van der Waals surface area contributed by atoms with Gasteiger partial charge in [-0.25, -0.2) is 9.97 Å². The van der Waals surface area contributed by atoms with Crippen molar-refractivity contribution >= 4 is 17.6 Å². The maximum Gasteiger partial charge on any atom is 0.308 e. The third kappa shape index (κ3) is 3.41. The lowest BCUT2D eigenvalue weighted by Crippen LogP contribution is -2.30. The number of hydrogen-bond acceptors (Lipinski definition) is 5. The molecule has 3 heterocycles. The number of rotatable bonds is 4. The fourth-order valence-corrected chi connectivity index (χ4v) is 3.76. The second kappa shape index (κ2) is 6.72. The molecule has 126 valence electrons. The van der Waals surface area contributed by atoms with Gasteiger partial charge in [0.15, 0.2) is 0 Å². The zero-order valence-electron chi connectivity index (χ0n) is 14.0. The number of carboxylic acids is 1. The maximum atomic E-state index is 11.5. The molecule has 2 aliphatic heterocycles. The number of nitrogens with zero attached hydrogens (tertiary/aromatic N) is 4. The lowest BCUT2D eigenvalue weighted by Gasteiger charge is -2.28. The zero-order chi connectivity index (χ0) is 16.4. The molecule has 0 unspecified atom stereocenters. The van der Waals surface area contributed by atoms with Crippen molar-refractivity contribution in [2.24, 2.45) is 17.8 Å². The molecular formula is C17H26N4O2. The van der Waals surface area contributed by atoms with E-state index in [1.807, 2.05) is 6.07 Å². The Balaban J connectivity index is 1.78. The van der Waals surface area contributed by atoms with E-state index in [0.717, 1.165) is 31.3 Å². The van der Waals surface area contributed by atoms with Crippen LogP contribution in [0.1, 0.15) is 33.1 Å². The summed E-state index contributed by atoms with van der Waals surface area (Å²) in [6, 6.07) is 2.02.